The van der Waals surface area contributed by atoms with Crippen molar-refractivity contribution in [3.8, 4) is 0 Å². The van der Waals surface area contributed by atoms with Crippen LogP contribution in [0.4, 0.5) is 4.79 Å². The van der Waals surface area contributed by atoms with Crippen LogP contribution in [0.25, 0.3) is 0 Å². The maximum Gasteiger partial charge on any atom is 0.326 e. The Hall–Kier alpha value is -2.32. The second-order valence-electron chi connectivity index (χ2n) is 4.74. The maximum absolute atomic E-state index is 12.0. The van der Waals surface area contributed by atoms with Crippen molar-refractivity contribution in [2.24, 2.45) is 11.7 Å². The standard InChI is InChI=1S/C12H21N3O6/c1-6(2)9(15-12(13)20)10(17)14-7(11(18)19)4-5-8(16)21-3/h6-7,9H,4-5H2,1-3H3,(H,14,17)(H,18,19)(H3,13,15,20). The molecule has 0 fully saturated rings. The van der Waals surface area contributed by atoms with E-state index in [1.54, 1.807) is 13.8 Å². The number of aliphatic carboxylic acids is 1. The molecule has 120 valence electrons. The summed E-state index contributed by atoms with van der Waals surface area (Å²) in [5, 5.41) is 13.5. The Balaban J connectivity index is 4.74. The highest BCUT2D eigenvalue weighted by Crippen LogP contribution is 2.05. The number of urea groups is 1. The third-order valence-electron chi connectivity index (χ3n) is 2.73. The van der Waals surface area contributed by atoms with Crippen LogP contribution in [0.2, 0.25) is 0 Å². The first-order chi connectivity index (χ1) is 9.68. The van der Waals surface area contributed by atoms with Crippen molar-refractivity contribution in [3.05, 3.63) is 0 Å². The second-order valence-corrected chi connectivity index (χ2v) is 4.74. The minimum absolute atomic E-state index is 0.116. The molecular formula is C12H21N3O6. The number of carboxylic acids is 1. The summed E-state index contributed by atoms with van der Waals surface area (Å²) in [6, 6.07) is -3.10. The van der Waals surface area contributed by atoms with Crippen molar-refractivity contribution < 1.29 is 29.0 Å². The van der Waals surface area contributed by atoms with Crippen LogP contribution < -0.4 is 16.4 Å². The Bertz CT molecular complexity index is 410. The van der Waals surface area contributed by atoms with Gasteiger partial charge in [-0.25, -0.2) is 9.59 Å². The molecule has 21 heavy (non-hydrogen) atoms. The largest absolute Gasteiger partial charge is 0.480 e. The summed E-state index contributed by atoms with van der Waals surface area (Å²) in [5.74, 6) is -2.83. The molecule has 5 N–H and O–H groups in total. The van der Waals surface area contributed by atoms with Gasteiger partial charge in [0.1, 0.15) is 12.1 Å². The molecule has 0 radical (unpaired) electrons. The lowest BCUT2D eigenvalue weighted by Gasteiger charge is -2.23. The van der Waals surface area contributed by atoms with Gasteiger partial charge in [0.25, 0.3) is 0 Å². The first-order valence-electron chi connectivity index (χ1n) is 6.35. The number of carbonyl (C=O) groups is 4. The third-order valence-corrected chi connectivity index (χ3v) is 2.73. The lowest BCUT2D eigenvalue weighted by molar-refractivity contribution is -0.144. The van der Waals surface area contributed by atoms with Crippen molar-refractivity contribution in [2.45, 2.75) is 38.8 Å². The van der Waals surface area contributed by atoms with E-state index >= 15 is 0 Å². The molecule has 0 bridgehead atoms. The predicted octanol–water partition coefficient (Wildman–Crippen LogP) is -0.798. The number of rotatable bonds is 8. The van der Waals surface area contributed by atoms with Crippen LogP contribution in [0.3, 0.4) is 0 Å². The minimum atomic E-state index is -1.28. The number of methoxy groups -OCH3 is 1. The predicted molar refractivity (Wildman–Crippen MR) is 72.2 cm³/mol. The zero-order chi connectivity index (χ0) is 16.6. The van der Waals surface area contributed by atoms with Gasteiger partial charge in [-0.3, -0.25) is 9.59 Å². The molecule has 9 nitrogen and oxygen atoms in total. The average Bonchev–Trinajstić information content (AvgIpc) is 2.38. The molecule has 0 aromatic heterocycles. The molecule has 0 saturated carbocycles. The lowest BCUT2D eigenvalue weighted by atomic mass is 10.0. The number of carboxylic acid groups (broad SMARTS) is 1. The molecule has 2 unspecified atom stereocenters. The fraction of sp³-hybridized carbons (Fsp3) is 0.667. The fourth-order valence-corrected chi connectivity index (χ4v) is 1.57. The number of amides is 3. The minimum Gasteiger partial charge on any atom is -0.480 e. The summed E-state index contributed by atoms with van der Waals surface area (Å²) < 4.78 is 4.41. The highest BCUT2D eigenvalue weighted by Gasteiger charge is 2.28. The van der Waals surface area contributed by atoms with Crippen molar-refractivity contribution in [1.29, 1.82) is 0 Å². The summed E-state index contributed by atoms with van der Waals surface area (Å²) in [4.78, 5) is 44.9. The average molecular weight is 303 g/mol. The topological polar surface area (TPSA) is 148 Å². The molecule has 0 heterocycles. The van der Waals surface area contributed by atoms with Gasteiger partial charge < -0.3 is 26.2 Å². The molecule has 0 saturated heterocycles. The summed E-state index contributed by atoms with van der Waals surface area (Å²) >= 11 is 0. The molecule has 0 aliphatic carbocycles. The number of carbonyl (C=O) groups excluding carboxylic acids is 3. The van der Waals surface area contributed by atoms with Crippen LogP contribution in [0.5, 0.6) is 0 Å². The normalized spacial score (nSPS) is 13.1. The van der Waals surface area contributed by atoms with Crippen molar-refractivity contribution in [1.82, 2.24) is 10.6 Å². The molecule has 0 aromatic rings. The highest BCUT2D eigenvalue weighted by molar-refractivity contribution is 5.90. The van der Waals surface area contributed by atoms with E-state index in [0.717, 1.165) is 0 Å². The van der Waals surface area contributed by atoms with Crippen LogP contribution >= 0.6 is 0 Å². The van der Waals surface area contributed by atoms with E-state index in [0.29, 0.717) is 0 Å². The molecule has 0 rings (SSSR count). The first kappa shape index (κ1) is 18.7. The quantitative estimate of drug-likeness (QED) is 0.431. The SMILES string of the molecule is COC(=O)CCC(NC(=O)C(NC(N)=O)C(C)C)C(=O)O. The number of nitrogens with two attached hydrogens (primary N) is 1. The Morgan fingerprint density at radius 1 is 1.19 bits per heavy atom. The Kier molecular flexibility index (Phi) is 7.80. The zero-order valence-corrected chi connectivity index (χ0v) is 12.2. The number of esters is 1. The van der Waals surface area contributed by atoms with Gasteiger partial charge in [-0.2, -0.15) is 0 Å². The summed E-state index contributed by atoms with van der Waals surface area (Å²) in [7, 11) is 1.18. The Morgan fingerprint density at radius 2 is 1.76 bits per heavy atom. The molecule has 9 heteroatoms. The van der Waals surface area contributed by atoms with Gasteiger partial charge in [0.15, 0.2) is 0 Å². The summed E-state index contributed by atoms with van der Waals surface area (Å²) in [6.45, 7) is 3.34. The summed E-state index contributed by atoms with van der Waals surface area (Å²) in [6.07, 6.45) is -0.265. The molecule has 0 spiro atoms. The molecule has 2 atom stereocenters. The van der Waals surface area contributed by atoms with Gasteiger partial charge in [0.2, 0.25) is 5.91 Å². The van der Waals surface area contributed by atoms with E-state index in [-0.39, 0.29) is 18.8 Å². The molecule has 0 aromatic carbocycles. The van der Waals surface area contributed by atoms with Gasteiger partial charge in [-0.05, 0) is 12.3 Å². The van der Waals surface area contributed by atoms with Gasteiger partial charge in [-0.15, -0.1) is 0 Å². The monoisotopic (exact) mass is 303 g/mol. The van der Waals surface area contributed by atoms with E-state index in [4.69, 9.17) is 10.8 Å². The third kappa shape index (κ3) is 7.14. The molecule has 0 aliphatic rings. The van der Waals surface area contributed by atoms with Crippen molar-refractivity contribution in [2.75, 3.05) is 7.11 Å². The number of hydrogen-bond donors (Lipinski definition) is 4. The van der Waals surface area contributed by atoms with Crippen LogP contribution in [0.1, 0.15) is 26.7 Å². The number of ether oxygens (including phenoxy) is 1. The second kappa shape index (κ2) is 8.77. The van der Waals surface area contributed by atoms with Crippen molar-refractivity contribution in [3.63, 3.8) is 0 Å². The molecular weight excluding hydrogens is 282 g/mol. The van der Waals surface area contributed by atoms with Crippen LogP contribution in [-0.4, -0.2) is 48.2 Å². The Labute approximate surface area is 122 Å². The van der Waals surface area contributed by atoms with Gasteiger partial charge in [0.05, 0.1) is 7.11 Å². The fourth-order valence-electron chi connectivity index (χ4n) is 1.57. The van der Waals surface area contributed by atoms with Gasteiger partial charge >= 0.3 is 18.0 Å². The van der Waals surface area contributed by atoms with Crippen LogP contribution in [0, 0.1) is 5.92 Å². The number of primary amides is 1. The van der Waals surface area contributed by atoms with Crippen molar-refractivity contribution >= 4 is 23.9 Å². The number of hydrogen-bond acceptors (Lipinski definition) is 5. The first-order valence-corrected chi connectivity index (χ1v) is 6.35. The van der Waals surface area contributed by atoms with E-state index in [1.165, 1.54) is 7.11 Å². The zero-order valence-electron chi connectivity index (χ0n) is 12.2. The smallest absolute Gasteiger partial charge is 0.326 e. The Morgan fingerprint density at radius 3 is 2.14 bits per heavy atom. The van der Waals surface area contributed by atoms with Gasteiger partial charge in [0, 0.05) is 6.42 Å². The van der Waals surface area contributed by atoms with E-state index < -0.39 is 36.0 Å². The lowest BCUT2D eigenvalue weighted by Crippen LogP contribution is -2.54. The van der Waals surface area contributed by atoms with E-state index in [2.05, 4.69) is 15.4 Å². The van der Waals surface area contributed by atoms with E-state index in [1.807, 2.05) is 0 Å². The summed E-state index contributed by atoms with van der Waals surface area (Å²) in [5.41, 5.74) is 4.97. The highest BCUT2D eigenvalue weighted by atomic mass is 16.5. The molecule has 0 aliphatic heterocycles. The van der Waals surface area contributed by atoms with Gasteiger partial charge in [-0.1, -0.05) is 13.8 Å². The molecule has 3 amide bonds. The maximum atomic E-state index is 12.0. The van der Waals surface area contributed by atoms with Crippen LogP contribution in [0.15, 0.2) is 0 Å². The van der Waals surface area contributed by atoms with Crippen LogP contribution in [-0.2, 0) is 19.1 Å². The number of nitrogens with one attached hydrogen (secondary N) is 2. The van der Waals surface area contributed by atoms with E-state index in [9.17, 15) is 19.2 Å².